The quantitative estimate of drug-likeness (QED) is 0.830. The summed E-state index contributed by atoms with van der Waals surface area (Å²) in [6.07, 6.45) is 2.17. The van der Waals surface area contributed by atoms with Gasteiger partial charge >= 0.3 is 0 Å². The fraction of sp³-hybridized carbons (Fsp3) is 0.500. The molecule has 0 radical (unpaired) electrons. The van der Waals surface area contributed by atoms with E-state index in [1.54, 1.807) is 0 Å². The molecular weight excluding hydrogens is 195 g/mol. The second-order valence-electron chi connectivity index (χ2n) is 4.02. The van der Waals surface area contributed by atoms with Crippen molar-refractivity contribution in [3.05, 3.63) is 29.1 Å². The molecular formula is C12H15FO2. The smallest absolute Gasteiger partial charge is 0.127 e. The lowest BCUT2D eigenvalue weighted by Crippen LogP contribution is -2.10. The van der Waals surface area contributed by atoms with E-state index in [2.05, 4.69) is 0 Å². The van der Waals surface area contributed by atoms with E-state index in [0.717, 1.165) is 12.0 Å². The van der Waals surface area contributed by atoms with Crippen LogP contribution in [0.15, 0.2) is 12.1 Å². The highest BCUT2D eigenvalue weighted by molar-refractivity contribution is 5.45. The maximum Gasteiger partial charge on any atom is 0.127 e. The van der Waals surface area contributed by atoms with Gasteiger partial charge < -0.3 is 9.84 Å². The van der Waals surface area contributed by atoms with Crippen LogP contribution in [0.25, 0.3) is 0 Å². The molecule has 0 unspecified atom stereocenters. The highest BCUT2D eigenvalue weighted by atomic mass is 19.1. The van der Waals surface area contributed by atoms with Crippen LogP contribution in [0.3, 0.4) is 0 Å². The highest BCUT2D eigenvalue weighted by Crippen LogP contribution is 2.48. The van der Waals surface area contributed by atoms with Gasteiger partial charge in [-0.1, -0.05) is 6.92 Å². The normalized spacial score (nSPS) is 17.6. The van der Waals surface area contributed by atoms with Gasteiger partial charge in [-0.3, -0.25) is 0 Å². The molecule has 2 nitrogen and oxygen atoms in total. The minimum atomic E-state index is -0.805. The Morgan fingerprint density at radius 2 is 2.13 bits per heavy atom. The van der Waals surface area contributed by atoms with E-state index >= 15 is 0 Å². The SMILES string of the molecule is CCc1c(OC)cc(F)cc1C1(O)CC1. The molecule has 0 aliphatic heterocycles. The highest BCUT2D eigenvalue weighted by Gasteiger charge is 2.44. The molecule has 0 heterocycles. The molecule has 0 amide bonds. The largest absolute Gasteiger partial charge is 0.496 e. The van der Waals surface area contributed by atoms with Crippen LogP contribution in [0.1, 0.15) is 30.9 Å². The average Bonchev–Trinajstić information content (AvgIpc) is 2.96. The van der Waals surface area contributed by atoms with Gasteiger partial charge in [0, 0.05) is 11.6 Å². The predicted molar refractivity (Wildman–Crippen MR) is 55.5 cm³/mol. The lowest BCUT2D eigenvalue weighted by atomic mass is 9.97. The Hall–Kier alpha value is -1.09. The van der Waals surface area contributed by atoms with Crippen molar-refractivity contribution in [2.24, 2.45) is 0 Å². The van der Waals surface area contributed by atoms with Crippen molar-refractivity contribution in [1.82, 2.24) is 0 Å². The zero-order valence-corrected chi connectivity index (χ0v) is 9.01. The van der Waals surface area contributed by atoms with Crippen LogP contribution in [-0.4, -0.2) is 12.2 Å². The second kappa shape index (κ2) is 3.49. The van der Waals surface area contributed by atoms with Crippen LogP contribution in [-0.2, 0) is 12.0 Å². The zero-order chi connectivity index (χ0) is 11.1. The maximum atomic E-state index is 13.3. The van der Waals surface area contributed by atoms with Crippen LogP contribution >= 0.6 is 0 Å². The Kier molecular flexibility index (Phi) is 2.43. The monoisotopic (exact) mass is 210 g/mol. The summed E-state index contributed by atoms with van der Waals surface area (Å²) in [6.45, 7) is 1.98. The molecule has 1 N–H and O–H groups in total. The Labute approximate surface area is 88.7 Å². The number of methoxy groups -OCH3 is 1. The number of hydrogen-bond acceptors (Lipinski definition) is 2. The molecule has 1 aromatic carbocycles. The third-order valence-electron chi connectivity index (χ3n) is 2.97. The molecule has 1 aromatic rings. The third-order valence-corrected chi connectivity index (χ3v) is 2.97. The zero-order valence-electron chi connectivity index (χ0n) is 9.01. The fourth-order valence-corrected chi connectivity index (χ4v) is 1.96. The summed E-state index contributed by atoms with van der Waals surface area (Å²) >= 11 is 0. The Morgan fingerprint density at radius 3 is 2.60 bits per heavy atom. The Morgan fingerprint density at radius 1 is 1.47 bits per heavy atom. The van der Waals surface area contributed by atoms with Crippen LogP contribution in [0.2, 0.25) is 0 Å². The van der Waals surface area contributed by atoms with Gasteiger partial charge in [0.2, 0.25) is 0 Å². The second-order valence-corrected chi connectivity index (χ2v) is 4.02. The minimum absolute atomic E-state index is 0.348. The molecule has 3 heteroatoms. The standard InChI is InChI=1S/C12H15FO2/c1-3-9-10(12(14)4-5-12)6-8(13)7-11(9)15-2/h6-7,14H,3-5H2,1-2H3. The first-order chi connectivity index (χ1) is 7.10. The number of ether oxygens (including phenoxy) is 1. The number of rotatable bonds is 3. The Balaban J connectivity index is 2.56. The molecule has 15 heavy (non-hydrogen) atoms. The molecule has 2 rings (SSSR count). The molecule has 1 saturated carbocycles. The summed E-state index contributed by atoms with van der Waals surface area (Å²) in [4.78, 5) is 0. The van der Waals surface area contributed by atoms with Gasteiger partial charge in [-0.2, -0.15) is 0 Å². The topological polar surface area (TPSA) is 29.5 Å². The number of hydrogen-bond donors (Lipinski definition) is 1. The van der Waals surface area contributed by atoms with Crippen LogP contribution < -0.4 is 4.74 Å². The van der Waals surface area contributed by atoms with Crippen LogP contribution in [0.5, 0.6) is 5.75 Å². The summed E-state index contributed by atoms with van der Waals surface area (Å²) in [7, 11) is 1.52. The molecule has 0 bridgehead atoms. The number of halogens is 1. The Bertz CT molecular complexity index is 383. The minimum Gasteiger partial charge on any atom is -0.496 e. The molecule has 0 atom stereocenters. The third kappa shape index (κ3) is 1.72. The van der Waals surface area contributed by atoms with Crippen molar-refractivity contribution in [1.29, 1.82) is 0 Å². The van der Waals surface area contributed by atoms with E-state index in [9.17, 15) is 9.50 Å². The van der Waals surface area contributed by atoms with Crippen molar-refractivity contribution in [3.8, 4) is 5.75 Å². The lowest BCUT2D eigenvalue weighted by molar-refractivity contribution is 0.149. The fourth-order valence-electron chi connectivity index (χ4n) is 1.96. The average molecular weight is 210 g/mol. The van der Waals surface area contributed by atoms with Crippen LogP contribution in [0, 0.1) is 5.82 Å². The van der Waals surface area contributed by atoms with Gasteiger partial charge in [-0.25, -0.2) is 4.39 Å². The van der Waals surface area contributed by atoms with Crippen molar-refractivity contribution in [3.63, 3.8) is 0 Å². The van der Waals surface area contributed by atoms with E-state index in [0.29, 0.717) is 24.2 Å². The van der Waals surface area contributed by atoms with Gasteiger partial charge in [0.05, 0.1) is 12.7 Å². The molecule has 1 aliphatic carbocycles. The molecule has 82 valence electrons. The molecule has 0 saturated heterocycles. The van der Waals surface area contributed by atoms with Crippen molar-refractivity contribution in [2.45, 2.75) is 31.8 Å². The van der Waals surface area contributed by atoms with E-state index in [-0.39, 0.29) is 5.82 Å². The van der Waals surface area contributed by atoms with E-state index in [1.807, 2.05) is 6.92 Å². The molecule has 1 aliphatic rings. The summed E-state index contributed by atoms with van der Waals surface area (Å²) < 4.78 is 18.4. The van der Waals surface area contributed by atoms with E-state index in [1.165, 1.54) is 19.2 Å². The number of aliphatic hydroxyl groups is 1. The first-order valence-corrected chi connectivity index (χ1v) is 5.20. The van der Waals surface area contributed by atoms with Gasteiger partial charge in [0.25, 0.3) is 0 Å². The maximum absolute atomic E-state index is 13.3. The van der Waals surface area contributed by atoms with E-state index < -0.39 is 5.60 Å². The molecule has 0 spiro atoms. The van der Waals surface area contributed by atoms with Crippen LogP contribution in [0.4, 0.5) is 4.39 Å². The van der Waals surface area contributed by atoms with Gasteiger partial charge in [-0.15, -0.1) is 0 Å². The summed E-state index contributed by atoms with van der Waals surface area (Å²) in [5.41, 5.74) is 0.807. The summed E-state index contributed by atoms with van der Waals surface area (Å²) in [5, 5.41) is 10.0. The van der Waals surface area contributed by atoms with E-state index in [4.69, 9.17) is 4.74 Å². The summed E-state index contributed by atoms with van der Waals surface area (Å²) in [6, 6.07) is 2.79. The van der Waals surface area contributed by atoms with Gasteiger partial charge in [0.15, 0.2) is 0 Å². The van der Waals surface area contributed by atoms with Gasteiger partial charge in [-0.05, 0) is 30.9 Å². The first-order valence-electron chi connectivity index (χ1n) is 5.20. The summed E-state index contributed by atoms with van der Waals surface area (Å²) in [5.74, 6) is 0.187. The first kappa shape index (κ1) is 10.4. The number of benzene rings is 1. The lowest BCUT2D eigenvalue weighted by Gasteiger charge is -2.16. The van der Waals surface area contributed by atoms with Crippen molar-refractivity contribution in [2.75, 3.05) is 7.11 Å². The molecule has 0 aromatic heterocycles. The predicted octanol–water partition coefficient (Wildman–Crippen LogP) is 2.38. The molecule has 1 fully saturated rings. The van der Waals surface area contributed by atoms with Gasteiger partial charge in [0.1, 0.15) is 11.6 Å². The van der Waals surface area contributed by atoms with Crippen molar-refractivity contribution >= 4 is 0 Å². The van der Waals surface area contributed by atoms with Crippen molar-refractivity contribution < 1.29 is 14.2 Å².